The lowest BCUT2D eigenvalue weighted by atomic mass is 10.0. The summed E-state index contributed by atoms with van der Waals surface area (Å²) < 4.78 is 9.34. The zero-order valence-corrected chi connectivity index (χ0v) is 13.9. The maximum atomic E-state index is 12.0. The van der Waals surface area contributed by atoms with Crippen LogP contribution in [-0.2, 0) is 28.7 Å². The SMILES string of the molecule is CC(C)CC(=O)OC1=C(O)C(=O)C(OC(=O)CC(C)C)=C(O)C1=O. The first-order valence-corrected chi connectivity index (χ1v) is 7.41. The molecule has 0 fully saturated rings. The zero-order valence-electron chi connectivity index (χ0n) is 13.9. The Morgan fingerprint density at radius 3 is 1.33 bits per heavy atom. The Hall–Kier alpha value is -2.64. The molecule has 0 aromatic rings. The topological polar surface area (TPSA) is 127 Å². The Kier molecular flexibility index (Phi) is 6.27. The molecule has 0 saturated heterocycles. The van der Waals surface area contributed by atoms with Crippen molar-refractivity contribution in [1.29, 1.82) is 0 Å². The van der Waals surface area contributed by atoms with Crippen molar-refractivity contribution in [3.8, 4) is 0 Å². The van der Waals surface area contributed by atoms with Crippen LogP contribution in [0.25, 0.3) is 0 Å². The minimum Gasteiger partial charge on any atom is -0.501 e. The smallest absolute Gasteiger partial charge is 0.311 e. The van der Waals surface area contributed by atoms with Gasteiger partial charge in [0.15, 0.2) is 0 Å². The molecule has 8 nitrogen and oxygen atoms in total. The number of carbonyl (C=O) groups is 4. The van der Waals surface area contributed by atoms with Crippen LogP contribution in [0.15, 0.2) is 23.0 Å². The molecule has 0 atom stereocenters. The predicted molar refractivity (Wildman–Crippen MR) is 80.4 cm³/mol. The van der Waals surface area contributed by atoms with Gasteiger partial charge in [-0.15, -0.1) is 0 Å². The number of aliphatic hydroxyl groups is 2. The Balaban J connectivity index is 3.00. The fourth-order valence-electron chi connectivity index (χ4n) is 1.80. The molecular weight excluding hydrogens is 320 g/mol. The van der Waals surface area contributed by atoms with Gasteiger partial charge in [-0.1, -0.05) is 27.7 Å². The van der Waals surface area contributed by atoms with Crippen LogP contribution in [0, 0.1) is 11.8 Å². The number of hydrogen-bond acceptors (Lipinski definition) is 8. The van der Waals surface area contributed by atoms with Gasteiger partial charge in [0.05, 0.1) is 0 Å². The first-order chi connectivity index (χ1) is 11.0. The monoisotopic (exact) mass is 340 g/mol. The van der Waals surface area contributed by atoms with Gasteiger partial charge in [-0.3, -0.25) is 19.2 Å². The largest absolute Gasteiger partial charge is 0.501 e. The maximum absolute atomic E-state index is 12.0. The second kappa shape index (κ2) is 7.76. The van der Waals surface area contributed by atoms with Crippen LogP contribution in [0.3, 0.4) is 0 Å². The standard InChI is InChI=1S/C16H20O8/c1-7(2)5-9(17)23-15-11(19)13(21)16(14(22)12(15)20)24-10(18)6-8(3)4/h7-8,19,22H,5-6H2,1-4H3. The minimum absolute atomic E-state index is 0.0566. The highest BCUT2D eigenvalue weighted by Crippen LogP contribution is 2.25. The van der Waals surface area contributed by atoms with Crippen molar-refractivity contribution in [2.45, 2.75) is 40.5 Å². The van der Waals surface area contributed by atoms with E-state index in [0.29, 0.717) is 0 Å². The van der Waals surface area contributed by atoms with Gasteiger partial charge in [0.2, 0.25) is 23.0 Å². The van der Waals surface area contributed by atoms with Crippen LogP contribution in [0.5, 0.6) is 0 Å². The lowest BCUT2D eigenvalue weighted by Gasteiger charge is -2.17. The molecule has 0 saturated carbocycles. The summed E-state index contributed by atoms with van der Waals surface area (Å²) in [6.07, 6.45) is -0.113. The van der Waals surface area contributed by atoms with E-state index in [9.17, 15) is 29.4 Å². The molecule has 132 valence electrons. The van der Waals surface area contributed by atoms with E-state index < -0.39 is 46.5 Å². The fourth-order valence-corrected chi connectivity index (χ4v) is 1.80. The molecule has 0 bridgehead atoms. The summed E-state index contributed by atoms with van der Waals surface area (Å²) in [6.45, 7) is 6.92. The molecular formula is C16H20O8. The van der Waals surface area contributed by atoms with Crippen molar-refractivity contribution < 1.29 is 38.9 Å². The summed E-state index contributed by atoms with van der Waals surface area (Å²) in [5.74, 6) is -8.81. The Morgan fingerprint density at radius 1 is 0.792 bits per heavy atom. The van der Waals surface area contributed by atoms with Crippen molar-refractivity contribution in [3.05, 3.63) is 23.0 Å². The summed E-state index contributed by atoms with van der Waals surface area (Å²) in [4.78, 5) is 47.1. The van der Waals surface area contributed by atoms with E-state index in [1.807, 2.05) is 0 Å². The van der Waals surface area contributed by atoms with E-state index in [2.05, 4.69) is 9.47 Å². The molecule has 0 amide bonds. The van der Waals surface area contributed by atoms with Crippen molar-refractivity contribution in [2.24, 2.45) is 11.8 Å². The van der Waals surface area contributed by atoms with E-state index >= 15 is 0 Å². The number of aliphatic hydroxyl groups excluding tert-OH is 2. The average Bonchev–Trinajstić information content (AvgIpc) is 2.44. The lowest BCUT2D eigenvalue weighted by molar-refractivity contribution is -0.147. The number of ketones is 2. The highest BCUT2D eigenvalue weighted by molar-refractivity contribution is 6.22. The van der Waals surface area contributed by atoms with E-state index in [1.165, 1.54) is 0 Å². The van der Waals surface area contributed by atoms with E-state index in [0.717, 1.165) is 0 Å². The highest BCUT2D eigenvalue weighted by atomic mass is 16.6. The number of hydrogen-bond donors (Lipinski definition) is 2. The number of carbonyl (C=O) groups excluding carboxylic acids is 4. The molecule has 0 spiro atoms. The van der Waals surface area contributed by atoms with Crippen LogP contribution in [0.2, 0.25) is 0 Å². The van der Waals surface area contributed by atoms with Gasteiger partial charge < -0.3 is 19.7 Å². The molecule has 0 radical (unpaired) electrons. The third kappa shape index (κ3) is 4.68. The summed E-state index contributed by atoms with van der Waals surface area (Å²) >= 11 is 0. The van der Waals surface area contributed by atoms with Crippen molar-refractivity contribution >= 4 is 23.5 Å². The predicted octanol–water partition coefficient (Wildman–Crippen LogP) is 1.86. The quantitative estimate of drug-likeness (QED) is 0.554. The second-order valence-corrected chi connectivity index (χ2v) is 6.16. The first kappa shape index (κ1) is 19.4. The number of rotatable bonds is 6. The number of ether oxygens (including phenoxy) is 2. The third-order valence-corrected chi connectivity index (χ3v) is 2.85. The third-order valence-electron chi connectivity index (χ3n) is 2.85. The second-order valence-electron chi connectivity index (χ2n) is 6.16. The minimum atomic E-state index is -1.31. The highest BCUT2D eigenvalue weighted by Gasteiger charge is 2.40. The summed E-state index contributed by atoms with van der Waals surface area (Å²) in [5, 5.41) is 19.5. The van der Waals surface area contributed by atoms with Gasteiger partial charge in [0.25, 0.3) is 11.6 Å². The molecule has 8 heteroatoms. The Bertz CT molecular complexity index is 580. The van der Waals surface area contributed by atoms with Crippen LogP contribution < -0.4 is 0 Å². The van der Waals surface area contributed by atoms with Gasteiger partial charge in [0.1, 0.15) is 0 Å². The molecule has 0 aliphatic heterocycles. The first-order valence-electron chi connectivity index (χ1n) is 7.41. The summed E-state index contributed by atoms with van der Waals surface area (Å²) in [5.41, 5.74) is 0. The van der Waals surface area contributed by atoms with Crippen LogP contribution in [0.1, 0.15) is 40.5 Å². The number of esters is 2. The van der Waals surface area contributed by atoms with Crippen LogP contribution in [0.4, 0.5) is 0 Å². The lowest BCUT2D eigenvalue weighted by Crippen LogP contribution is -2.29. The van der Waals surface area contributed by atoms with Gasteiger partial charge in [-0.05, 0) is 11.8 Å². The molecule has 2 N–H and O–H groups in total. The van der Waals surface area contributed by atoms with Gasteiger partial charge >= 0.3 is 11.9 Å². The maximum Gasteiger partial charge on any atom is 0.311 e. The van der Waals surface area contributed by atoms with Crippen LogP contribution in [-0.4, -0.2) is 33.7 Å². The van der Waals surface area contributed by atoms with E-state index in [4.69, 9.17) is 0 Å². The zero-order chi connectivity index (χ0) is 18.6. The van der Waals surface area contributed by atoms with Gasteiger partial charge in [0, 0.05) is 12.8 Å². The average molecular weight is 340 g/mol. The van der Waals surface area contributed by atoms with Gasteiger partial charge in [-0.25, -0.2) is 0 Å². The van der Waals surface area contributed by atoms with E-state index in [-0.39, 0.29) is 24.7 Å². The van der Waals surface area contributed by atoms with Gasteiger partial charge in [-0.2, -0.15) is 0 Å². The summed E-state index contributed by atoms with van der Waals surface area (Å²) in [7, 11) is 0. The normalized spacial score (nSPS) is 15.4. The molecule has 1 aliphatic carbocycles. The fraction of sp³-hybridized carbons (Fsp3) is 0.500. The Labute approximate surface area is 138 Å². The summed E-state index contributed by atoms with van der Waals surface area (Å²) in [6, 6.07) is 0. The number of Topliss-reactive ketones (excluding diaryl/α,β-unsaturated/α-hetero) is 2. The Morgan fingerprint density at radius 2 is 1.08 bits per heavy atom. The molecule has 0 aromatic heterocycles. The molecule has 0 aromatic carbocycles. The molecule has 1 aliphatic rings. The van der Waals surface area contributed by atoms with Crippen molar-refractivity contribution in [2.75, 3.05) is 0 Å². The molecule has 0 unspecified atom stereocenters. The van der Waals surface area contributed by atoms with Crippen LogP contribution >= 0.6 is 0 Å². The molecule has 0 heterocycles. The molecule has 1 rings (SSSR count). The van der Waals surface area contributed by atoms with Crippen molar-refractivity contribution in [3.63, 3.8) is 0 Å². The van der Waals surface area contributed by atoms with Crippen molar-refractivity contribution in [1.82, 2.24) is 0 Å². The van der Waals surface area contributed by atoms with E-state index in [1.54, 1.807) is 27.7 Å². The molecule has 24 heavy (non-hydrogen) atoms.